The van der Waals surface area contributed by atoms with Crippen LogP contribution in [0.4, 0.5) is 5.00 Å². The van der Waals surface area contributed by atoms with Crippen LogP contribution < -0.4 is 11.2 Å². The van der Waals surface area contributed by atoms with Crippen molar-refractivity contribution in [2.75, 3.05) is 20.0 Å². The van der Waals surface area contributed by atoms with Crippen LogP contribution >= 0.6 is 11.3 Å². The summed E-state index contributed by atoms with van der Waals surface area (Å²) >= 11 is 0.850. The average molecular weight is 480 g/mol. The molecule has 0 amide bonds. The second-order valence-corrected chi connectivity index (χ2v) is 8.29. The molecular formula is C24H20N2O7S. The van der Waals surface area contributed by atoms with Gasteiger partial charge in [0.25, 0.3) is 0 Å². The number of thiophene rings is 1. The van der Waals surface area contributed by atoms with E-state index in [-0.39, 0.29) is 33.0 Å². The normalized spacial score (nSPS) is 10.9. The zero-order valence-corrected chi connectivity index (χ0v) is 19.1. The lowest BCUT2D eigenvalue weighted by Gasteiger charge is -2.15. The smallest absolute Gasteiger partial charge is 0.348 e. The fourth-order valence-corrected chi connectivity index (χ4v) is 4.76. The molecule has 0 fully saturated rings. The molecule has 174 valence electrons. The van der Waals surface area contributed by atoms with E-state index in [9.17, 15) is 19.2 Å². The summed E-state index contributed by atoms with van der Waals surface area (Å²) in [7, 11) is 2.37. The Morgan fingerprint density at radius 1 is 0.912 bits per heavy atom. The molecule has 0 unspecified atom stereocenters. The lowest BCUT2D eigenvalue weighted by Crippen LogP contribution is -2.19. The monoisotopic (exact) mass is 480 g/mol. The van der Waals surface area contributed by atoms with E-state index in [0.29, 0.717) is 21.8 Å². The third-order valence-electron chi connectivity index (χ3n) is 5.34. The van der Waals surface area contributed by atoms with E-state index in [4.69, 9.17) is 19.9 Å². The molecule has 2 heterocycles. The Hall–Kier alpha value is -4.18. The molecule has 2 N–H and O–H groups in total. The number of aromatic nitrogens is 1. The number of hydrogen-bond donors (Lipinski definition) is 1. The highest BCUT2D eigenvalue weighted by Crippen LogP contribution is 2.33. The van der Waals surface area contributed by atoms with Crippen molar-refractivity contribution in [2.24, 2.45) is 0 Å². The molecule has 10 heteroatoms. The number of nitrogens with zero attached hydrogens (tertiary/aromatic N) is 1. The molecule has 2 aromatic heterocycles. The number of anilines is 1. The van der Waals surface area contributed by atoms with E-state index in [1.165, 1.54) is 14.2 Å². The van der Waals surface area contributed by atoms with Gasteiger partial charge in [-0.3, -0.25) is 9.59 Å². The Balaban J connectivity index is 1.69. The highest BCUT2D eigenvalue weighted by atomic mass is 32.1. The number of carbonyl (C=O) groups is 3. The van der Waals surface area contributed by atoms with E-state index >= 15 is 0 Å². The van der Waals surface area contributed by atoms with Gasteiger partial charge in [0.1, 0.15) is 28.6 Å². The van der Waals surface area contributed by atoms with Gasteiger partial charge in [-0.05, 0) is 24.3 Å². The number of para-hydroxylation sites is 2. The molecule has 0 atom stereocenters. The SMILES string of the molecule is COC(=O)c1sc(N)c(C(=O)OC)c1COC(=O)Cn1c2ccccc2c(=O)c2ccccc21. The minimum absolute atomic E-state index is 0.0417. The molecule has 2 aromatic carbocycles. The van der Waals surface area contributed by atoms with Crippen LogP contribution in [0.5, 0.6) is 0 Å². The average Bonchev–Trinajstić information content (AvgIpc) is 3.20. The number of esters is 3. The Bertz CT molecular complexity index is 1440. The molecule has 0 spiro atoms. The number of methoxy groups -OCH3 is 2. The summed E-state index contributed by atoms with van der Waals surface area (Å²) in [6, 6.07) is 14.0. The Labute approximate surface area is 197 Å². The van der Waals surface area contributed by atoms with Crippen molar-refractivity contribution in [3.05, 3.63) is 74.8 Å². The minimum Gasteiger partial charge on any atom is -0.465 e. The molecule has 0 saturated carbocycles. The van der Waals surface area contributed by atoms with Crippen LogP contribution in [0.3, 0.4) is 0 Å². The number of benzene rings is 2. The van der Waals surface area contributed by atoms with Crippen molar-refractivity contribution in [1.82, 2.24) is 4.57 Å². The largest absolute Gasteiger partial charge is 0.465 e. The third-order valence-corrected chi connectivity index (χ3v) is 6.38. The van der Waals surface area contributed by atoms with Gasteiger partial charge in [-0.25, -0.2) is 9.59 Å². The van der Waals surface area contributed by atoms with Crippen LogP contribution in [0.2, 0.25) is 0 Å². The van der Waals surface area contributed by atoms with E-state index in [0.717, 1.165) is 11.3 Å². The first-order valence-electron chi connectivity index (χ1n) is 10.1. The first kappa shape index (κ1) is 23.0. The summed E-state index contributed by atoms with van der Waals surface area (Å²) in [5.74, 6) is -2.11. The predicted molar refractivity (Wildman–Crippen MR) is 127 cm³/mol. The van der Waals surface area contributed by atoms with Crippen molar-refractivity contribution in [2.45, 2.75) is 13.2 Å². The van der Waals surface area contributed by atoms with Crippen LogP contribution in [-0.2, 0) is 32.2 Å². The van der Waals surface area contributed by atoms with E-state index in [1.54, 1.807) is 53.1 Å². The topological polar surface area (TPSA) is 127 Å². The van der Waals surface area contributed by atoms with E-state index in [1.807, 2.05) is 0 Å². The zero-order chi connectivity index (χ0) is 24.4. The molecule has 4 rings (SSSR count). The van der Waals surface area contributed by atoms with Gasteiger partial charge in [0.15, 0.2) is 5.43 Å². The molecular weight excluding hydrogens is 460 g/mol. The van der Waals surface area contributed by atoms with E-state index < -0.39 is 24.5 Å². The number of fused-ring (bicyclic) bond motifs is 2. The number of rotatable bonds is 6. The molecule has 9 nitrogen and oxygen atoms in total. The van der Waals surface area contributed by atoms with Crippen LogP contribution in [0.15, 0.2) is 53.3 Å². The highest BCUT2D eigenvalue weighted by molar-refractivity contribution is 7.18. The summed E-state index contributed by atoms with van der Waals surface area (Å²) in [5, 5.41) is 0.997. The quantitative estimate of drug-likeness (QED) is 0.253. The van der Waals surface area contributed by atoms with Gasteiger partial charge in [0.05, 0.1) is 25.3 Å². The van der Waals surface area contributed by atoms with Crippen molar-refractivity contribution >= 4 is 56.1 Å². The van der Waals surface area contributed by atoms with Gasteiger partial charge in [-0.15, -0.1) is 11.3 Å². The van der Waals surface area contributed by atoms with Crippen molar-refractivity contribution in [1.29, 1.82) is 0 Å². The van der Waals surface area contributed by atoms with Gasteiger partial charge in [0, 0.05) is 16.3 Å². The molecule has 0 saturated heterocycles. The number of nitrogen functional groups attached to an aromatic ring is 1. The second kappa shape index (κ2) is 9.36. The fraction of sp³-hybridized carbons (Fsp3) is 0.167. The molecule has 0 aliphatic rings. The maximum absolute atomic E-state index is 12.9. The van der Waals surface area contributed by atoms with Gasteiger partial charge in [-0.1, -0.05) is 24.3 Å². The van der Waals surface area contributed by atoms with Crippen molar-refractivity contribution in [3.63, 3.8) is 0 Å². The van der Waals surface area contributed by atoms with Crippen LogP contribution in [0.25, 0.3) is 21.8 Å². The molecule has 0 aliphatic carbocycles. The molecule has 0 radical (unpaired) electrons. The van der Waals surface area contributed by atoms with Crippen LogP contribution in [-0.4, -0.2) is 36.7 Å². The minimum atomic E-state index is -0.757. The number of nitrogens with two attached hydrogens (primary N) is 1. The first-order valence-corrected chi connectivity index (χ1v) is 10.9. The van der Waals surface area contributed by atoms with E-state index in [2.05, 4.69) is 0 Å². The fourth-order valence-electron chi connectivity index (χ4n) is 3.78. The summed E-state index contributed by atoms with van der Waals surface area (Å²) in [6.45, 7) is -0.598. The van der Waals surface area contributed by atoms with Crippen molar-refractivity contribution < 1.29 is 28.6 Å². The number of carbonyl (C=O) groups excluding carboxylic acids is 3. The maximum atomic E-state index is 12.9. The van der Waals surface area contributed by atoms with Crippen LogP contribution in [0, 0.1) is 0 Å². The van der Waals surface area contributed by atoms with Crippen LogP contribution in [0.1, 0.15) is 25.6 Å². The van der Waals surface area contributed by atoms with Gasteiger partial charge in [0.2, 0.25) is 0 Å². The summed E-state index contributed by atoms with van der Waals surface area (Å²) < 4.78 is 16.6. The summed E-state index contributed by atoms with van der Waals surface area (Å²) in [4.78, 5) is 50.2. The first-order chi connectivity index (χ1) is 16.4. The third kappa shape index (κ3) is 3.99. The maximum Gasteiger partial charge on any atom is 0.348 e. The standard InChI is InChI=1S/C24H20N2O7S/c1-31-23(29)19-15(21(24(30)32-2)34-22(19)25)12-33-18(27)11-26-16-9-5-3-7-13(16)20(28)14-8-4-6-10-17(14)26/h3-10H,11-12,25H2,1-2H3. The lowest BCUT2D eigenvalue weighted by atomic mass is 10.1. The molecule has 34 heavy (non-hydrogen) atoms. The summed E-state index contributed by atoms with van der Waals surface area (Å²) in [5.41, 5.74) is 7.01. The summed E-state index contributed by atoms with van der Waals surface area (Å²) in [6.07, 6.45) is 0. The van der Waals surface area contributed by atoms with Crippen molar-refractivity contribution in [3.8, 4) is 0 Å². The Morgan fingerprint density at radius 3 is 2.03 bits per heavy atom. The number of hydrogen-bond acceptors (Lipinski definition) is 9. The van der Waals surface area contributed by atoms with Gasteiger partial charge in [-0.2, -0.15) is 0 Å². The Morgan fingerprint density at radius 2 is 1.47 bits per heavy atom. The van der Waals surface area contributed by atoms with Gasteiger partial charge >= 0.3 is 17.9 Å². The highest BCUT2D eigenvalue weighted by Gasteiger charge is 2.28. The zero-order valence-electron chi connectivity index (χ0n) is 18.3. The Kier molecular flexibility index (Phi) is 6.33. The van der Waals surface area contributed by atoms with Gasteiger partial charge < -0.3 is 24.5 Å². The molecule has 0 bridgehead atoms. The number of pyridine rings is 1. The molecule has 0 aliphatic heterocycles. The predicted octanol–water partition coefficient (Wildman–Crippen LogP) is 3.12. The molecule has 4 aromatic rings. The second-order valence-electron chi connectivity index (χ2n) is 7.24. The lowest BCUT2D eigenvalue weighted by molar-refractivity contribution is -0.145. The number of ether oxygens (including phenoxy) is 3.